The van der Waals surface area contributed by atoms with Crippen molar-refractivity contribution in [2.24, 2.45) is 5.92 Å². The maximum Gasteiger partial charge on any atom is 0.321 e. The Morgan fingerprint density at radius 2 is 1.55 bits per heavy atom. The molecule has 7 heteroatoms. The number of likely N-dealkylation sites (N-methyl/N-ethyl adjacent to an activating group) is 1. The zero-order valence-corrected chi connectivity index (χ0v) is 18.4. The molecule has 2 N–H and O–H groups in total. The SMILES string of the molecule is Cc1cccc(C)c1NC(=O)CN(C)C(=O)C1CCN(C(=O)Nc2ccccc2)CC1. The van der Waals surface area contributed by atoms with E-state index in [1.165, 1.54) is 4.90 Å². The molecule has 0 unspecified atom stereocenters. The third-order valence-electron chi connectivity index (χ3n) is 5.66. The lowest BCUT2D eigenvalue weighted by Crippen LogP contribution is -2.46. The molecule has 3 rings (SSSR count). The molecule has 0 aliphatic carbocycles. The predicted octanol–water partition coefficient (Wildman–Crippen LogP) is 3.64. The quantitative estimate of drug-likeness (QED) is 0.772. The van der Waals surface area contributed by atoms with Crippen LogP contribution in [0.2, 0.25) is 0 Å². The summed E-state index contributed by atoms with van der Waals surface area (Å²) in [6.07, 6.45) is 1.17. The van der Waals surface area contributed by atoms with Crippen LogP contribution in [0.4, 0.5) is 16.2 Å². The minimum atomic E-state index is -0.215. The Morgan fingerprint density at radius 3 is 2.16 bits per heavy atom. The average molecular weight is 423 g/mol. The van der Waals surface area contributed by atoms with E-state index in [-0.39, 0.29) is 30.3 Å². The second-order valence-corrected chi connectivity index (χ2v) is 8.07. The van der Waals surface area contributed by atoms with Crippen LogP contribution in [0.3, 0.4) is 0 Å². The van der Waals surface area contributed by atoms with E-state index in [1.54, 1.807) is 11.9 Å². The number of carbonyl (C=O) groups is 3. The summed E-state index contributed by atoms with van der Waals surface area (Å²) in [5.41, 5.74) is 3.53. The van der Waals surface area contributed by atoms with Gasteiger partial charge in [0.05, 0.1) is 6.54 Å². The summed E-state index contributed by atoms with van der Waals surface area (Å²) in [5.74, 6) is -0.452. The molecule has 4 amide bonds. The summed E-state index contributed by atoms with van der Waals surface area (Å²) in [6, 6.07) is 15.0. The van der Waals surface area contributed by atoms with E-state index in [9.17, 15) is 14.4 Å². The molecule has 2 aromatic carbocycles. The summed E-state index contributed by atoms with van der Waals surface area (Å²) >= 11 is 0. The zero-order valence-electron chi connectivity index (χ0n) is 18.4. The number of rotatable bonds is 5. The van der Waals surface area contributed by atoms with Crippen LogP contribution < -0.4 is 10.6 Å². The number of benzene rings is 2. The molecule has 1 saturated heterocycles. The van der Waals surface area contributed by atoms with Crippen molar-refractivity contribution in [3.8, 4) is 0 Å². The Morgan fingerprint density at radius 1 is 0.935 bits per heavy atom. The number of urea groups is 1. The number of hydrogen-bond donors (Lipinski definition) is 2. The molecular formula is C24H30N4O3. The van der Waals surface area contributed by atoms with Gasteiger partial charge in [0.15, 0.2) is 0 Å². The van der Waals surface area contributed by atoms with Crippen LogP contribution in [-0.4, -0.2) is 54.3 Å². The first kappa shape index (κ1) is 22.3. The number of carbonyl (C=O) groups excluding carboxylic acids is 3. The fraction of sp³-hybridized carbons (Fsp3) is 0.375. The van der Waals surface area contributed by atoms with Gasteiger partial charge in [0.1, 0.15) is 0 Å². The van der Waals surface area contributed by atoms with Crippen LogP contribution in [-0.2, 0) is 9.59 Å². The smallest absolute Gasteiger partial charge is 0.321 e. The van der Waals surface area contributed by atoms with Crippen molar-refractivity contribution < 1.29 is 14.4 Å². The van der Waals surface area contributed by atoms with E-state index in [0.29, 0.717) is 25.9 Å². The summed E-state index contributed by atoms with van der Waals surface area (Å²) in [5, 5.41) is 5.79. The maximum absolute atomic E-state index is 12.8. The number of amides is 4. The third-order valence-corrected chi connectivity index (χ3v) is 5.66. The van der Waals surface area contributed by atoms with Crippen molar-refractivity contribution in [2.75, 3.05) is 37.3 Å². The van der Waals surface area contributed by atoms with Gasteiger partial charge in [0, 0.05) is 37.4 Å². The van der Waals surface area contributed by atoms with E-state index < -0.39 is 0 Å². The van der Waals surface area contributed by atoms with Crippen LogP contribution in [0, 0.1) is 19.8 Å². The van der Waals surface area contributed by atoms with Crippen LogP contribution in [0.1, 0.15) is 24.0 Å². The summed E-state index contributed by atoms with van der Waals surface area (Å²) < 4.78 is 0. The molecule has 1 heterocycles. The van der Waals surface area contributed by atoms with E-state index in [0.717, 1.165) is 22.5 Å². The van der Waals surface area contributed by atoms with Gasteiger partial charge in [-0.3, -0.25) is 9.59 Å². The van der Waals surface area contributed by atoms with E-state index in [1.807, 2.05) is 62.4 Å². The molecule has 164 valence electrons. The normalized spacial score (nSPS) is 14.1. The number of anilines is 2. The average Bonchev–Trinajstić information content (AvgIpc) is 2.76. The number of aryl methyl sites for hydroxylation is 2. The van der Waals surface area contributed by atoms with Crippen molar-refractivity contribution in [3.63, 3.8) is 0 Å². The lowest BCUT2D eigenvalue weighted by atomic mass is 9.95. The van der Waals surface area contributed by atoms with Crippen LogP contribution in [0.25, 0.3) is 0 Å². The van der Waals surface area contributed by atoms with Gasteiger partial charge in [-0.2, -0.15) is 0 Å². The van der Waals surface area contributed by atoms with Crippen molar-refractivity contribution >= 4 is 29.2 Å². The van der Waals surface area contributed by atoms with Crippen molar-refractivity contribution in [3.05, 3.63) is 59.7 Å². The van der Waals surface area contributed by atoms with Gasteiger partial charge in [-0.15, -0.1) is 0 Å². The molecule has 1 aliphatic heterocycles. The highest BCUT2D eigenvalue weighted by atomic mass is 16.2. The highest BCUT2D eigenvalue weighted by molar-refractivity contribution is 5.96. The predicted molar refractivity (Wildman–Crippen MR) is 122 cm³/mol. The standard InChI is InChI=1S/C24H30N4O3/c1-17-8-7-9-18(2)22(17)26-21(29)16-27(3)23(30)19-12-14-28(15-13-19)24(31)25-20-10-5-4-6-11-20/h4-11,19H,12-16H2,1-3H3,(H,25,31)(H,26,29). The minimum Gasteiger partial charge on any atom is -0.336 e. The molecule has 0 radical (unpaired) electrons. The zero-order chi connectivity index (χ0) is 22.4. The maximum atomic E-state index is 12.8. The number of nitrogens with zero attached hydrogens (tertiary/aromatic N) is 2. The molecule has 1 aliphatic rings. The second kappa shape index (κ2) is 10.1. The van der Waals surface area contributed by atoms with Crippen LogP contribution in [0.5, 0.6) is 0 Å². The molecular weight excluding hydrogens is 392 g/mol. The Bertz CT molecular complexity index is 917. The molecule has 0 aromatic heterocycles. The van der Waals surface area contributed by atoms with Gasteiger partial charge < -0.3 is 20.4 Å². The largest absolute Gasteiger partial charge is 0.336 e. The Labute approximate surface area is 183 Å². The van der Waals surface area contributed by atoms with E-state index >= 15 is 0 Å². The van der Waals surface area contributed by atoms with Gasteiger partial charge >= 0.3 is 6.03 Å². The van der Waals surface area contributed by atoms with Crippen molar-refractivity contribution in [1.29, 1.82) is 0 Å². The number of hydrogen-bond acceptors (Lipinski definition) is 3. The molecule has 0 bridgehead atoms. The van der Waals surface area contributed by atoms with Crippen molar-refractivity contribution in [2.45, 2.75) is 26.7 Å². The molecule has 0 spiro atoms. The van der Waals surface area contributed by atoms with Gasteiger partial charge in [-0.1, -0.05) is 36.4 Å². The van der Waals surface area contributed by atoms with Crippen LogP contribution >= 0.6 is 0 Å². The van der Waals surface area contributed by atoms with Gasteiger partial charge in [-0.25, -0.2) is 4.79 Å². The minimum absolute atomic E-state index is 0.00130. The summed E-state index contributed by atoms with van der Waals surface area (Å²) in [6.45, 7) is 4.91. The molecule has 1 fully saturated rings. The third kappa shape index (κ3) is 5.84. The lowest BCUT2D eigenvalue weighted by molar-refractivity contribution is -0.138. The Hall–Kier alpha value is -3.35. The second-order valence-electron chi connectivity index (χ2n) is 8.07. The van der Waals surface area contributed by atoms with Gasteiger partial charge in [-0.05, 0) is 49.9 Å². The monoisotopic (exact) mass is 422 g/mol. The van der Waals surface area contributed by atoms with Crippen LogP contribution in [0.15, 0.2) is 48.5 Å². The Balaban J connectivity index is 1.47. The Kier molecular flexibility index (Phi) is 7.28. The molecule has 0 atom stereocenters. The number of piperidine rings is 1. The summed E-state index contributed by atoms with van der Waals surface area (Å²) in [7, 11) is 1.65. The fourth-order valence-electron chi connectivity index (χ4n) is 3.85. The molecule has 7 nitrogen and oxygen atoms in total. The van der Waals surface area contributed by atoms with Gasteiger partial charge in [0.25, 0.3) is 0 Å². The van der Waals surface area contributed by atoms with E-state index in [2.05, 4.69) is 10.6 Å². The van der Waals surface area contributed by atoms with E-state index in [4.69, 9.17) is 0 Å². The van der Waals surface area contributed by atoms with Gasteiger partial charge in [0.2, 0.25) is 11.8 Å². The summed E-state index contributed by atoms with van der Waals surface area (Å²) in [4.78, 5) is 40.9. The first-order chi connectivity index (χ1) is 14.8. The number of likely N-dealkylation sites (tertiary alicyclic amines) is 1. The topological polar surface area (TPSA) is 81.8 Å². The highest BCUT2D eigenvalue weighted by Gasteiger charge is 2.29. The fourth-order valence-corrected chi connectivity index (χ4v) is 3.85. The first-order valence-electron chi connectivity index (χ1n) is 10.6. The number of nitrogens with one attached hydrogen (secondary N) is 2. The number of para-hydroxylation sites is 2. The highest BCUT2D eigenvalue weighted by Crippen LogP contribution is 2.21. The molecule has 0 saturated carbocycles. The molecule has 2 aromatic rings. The molecule has 31 heavy (non-hydrogen) atoms. The lowest BCUT2D eigenvalue weighted by Gasteiger charge is -2.33. The van der Waals surface area contributed by atoms with Crippen molar-refractivity contribution in [1.82, 2.24) is 9.80 Å². The first-order valence-corrected chi connectivity index (χ1v) is 10.6.